The number of halogens is 3. The lowest BCUT2D eigenvalue weighted by Crippen LogP contribution is -2.46. The highest BCUT2D eigenvalue weighted by Gasteiger charge is 2.36. The minimum Gasteiger partial charge on any atom is -0.493 e. The summed E-state index contributed by atoms with van der Waals surface area (Å²) in [5, 5.41) is 2.57. The molecule has 2 rings (SSSR count). The lowest BCUT2D eigenvalue weighted by Gasteiger charge is -2.31. The molecule has 0 aliphatic carbocycles. The number of hydrogen-bond acceptors (Lipinski definition) is 9. The summed E-state index contributed by atoms with van der Waals surface area (Å²) in [5.74, 6) is -2.18. The Morgan fingerprint density at radius 2 is 1.97 bits per heavy atom. The normalized spacial score (nSPS) is 22.5. The number of cyclic esters (lactones) is 1. The molecule has 1 aromatic rings. The summed E-state index contributed by atoms with van der Waals surface area (Å²) in [6.07, 6.45) is -3.64. The van der Waals surface area contributed by atoms with Gasteiger partial charge in [-0.15, -0.1) is 0 Å². The Kier molecular flexibility index (Phi) is 12.2. The minimum atomic E-state index is -4.48. The van der Waals surface area contributed by atoms with Crippen molar-refractivity contribution in [2.24, 2.45) is 5.92 Å². The number of methoxy groups -OCH3 is 1. The Morgan fingerprint density at radius 3 is 2.59 bits per heavy atom. The van der Waals surface area contributed by atoms with Crippen LogP contribution in [0.3, 0.4) is 0 Å². The van der Waals surface area contributed by atoms with E-state index >= 15 is 0 Å². The summed E-state index contributed by atoms with van der Waals surface area (Å²) >= 11 is 0. The van der Waals surface area contributed by atoms with Gasteiger partial charge in [0.1, 0.15) is 18.2 Å². The van der Waals surface area contributed by atoms with Crippen LogP contribution in [0, 0.1) is 5.92 Å². The van der Waals surface area contributed by atoms with Gasteiger partial charge in [0.15, 0.2) is 11.4 Å². The number of pyridine rings is 1. The third kappa shape index (κ3) is 10.5. The van der Waals surface area contributed by atoms with Crippen LogP contribution in [0.15, 0.2) is 24.4 Å². The zero-order chi connectivity index (χ0) is 29.2. The molecule has 1 N–H and O–H groups in total. The molecule has 1 aromatic heterocycles. The van der Waals surface area contributed by atoms with E-state index < -0.39 is 48.4 Å². The summed E-state index contributed by atoms with van der Waals surface area (Å²) in [7, 11) is 1.33. The maximum atomic E-state index is 13.1. The van der Waals surface area contributed by atoms with Crippen molar-refractivity contribution >= 4 is 17.8 Å². The zero-order valence-electron chi connectivity index (χ0n) is 22.6. The smallest absolute Gasteiger partial charge is 0.409 e. The monoisotopic (exact) mass is 560 g/mol. The van der Waals surface area contributed by atoms with E-state index in [9.17, 15) is 27.6 Å². The topological polar surface area (TPSA) is 122 Å². The maximum absolute atomic E-state index is 13.1. The molecule has 10 nitrogen and oxygen atoms in total. The van der Waals surface area contributed by atoms with Crippen molar-refractivity contribution in [1.82, 2.24) is 10.3 Å². The molecule has 1 amide bonds. The molecule has 1 fully saturated rings. The van der Waals surface area contributed by atoms with Crippen LogP contribution >= 0.6 is 0 Å². The number of hydrogen-bond donors (Lipinski definition) is 1. The number of alkyl halides is 3. The Bertz CT molecular complexity index is 1020. The second-order valence-electron chi connectivity index (χ2n) is 9.39. The van der Waals surface area contributed by atoms with Crippen molar-refractivity contribution in [1.29, 1.82) is 0 Å². The Labute approximate surface area is 225 Å². The molecule has 0 bridgehead atoms. The van der Waals surface area contributed by atoms with Gasteiger partial charge in [-0.1, -0.05) is 19.9 Å². The molecule has 39 heavy (non-hydrogen) atoms. The summed E-state index contributed by atoms with van der Waals surface area (Å²) in [6.45, 7) is 6.60. The molecule has 218 valence electrons. The van der Waals surface area contributed by atoms with E-state index in [1.165, 1.54) is 19.4 Å². The molecular weight excluding hydrogens is 525 g/mol. The van der Waals surface area contributed by atoms with Crippen molar-refractivity contribution in [2.45, 2.75) is 77.5 Å². The van der Waals surface area contributed by atoms with Gasteiger partial charge in [0.25, 0.3) is 5.91 Å². The van der Waals surface area contributed by atoms with Crippen LogP contribution in [-0.2, 0) is 23.8 Å². The van der Waals surface area contributed by atoms with Crippen LogP contribution in [-0.4, -0.2) is 73.7 Å². The predicted octanol–water partition coefficient (Wildman–Crippen LogP) is 3.77. The summed E-state index contributed by atoms with van der Waals surface area (Å²) in [6, 6.07) is 0.319. The van der Waals surface area contributed by atoms with Gasteiger partial charge < -0.3 is 29.0 Å². The third-order valence-electron chi connectivity index (χ3n) is 5.59. The minimum absolute atomic E-state index is 0.0745. The SMILES string of the molecule is COc1ccnc(C(=O)N[C@H]2CCC[C@H](OCC(C)C)[C@@H](OC/C=C/C(F)(F)F)[C@H](C)OC2=O)c1OC(C)=O. The molecule has 1 aliphatic heterocycles. The first-order valence-electron chi connectivity index (χ1n) is 12.5. The summed E-state index contributed by atoms with van der Waals surface area (Å²) in [4.78, 5) is 41.7. The van der Waals surface area contributed by atoms with Gasteiger partial charge in [-0.25, -0.2) is 9.78 Å². The predicted molar refractivity (Wildman–Crippen MR) is 132 cm³/mol. The van der Waals surface area contributed by atoms with Crippen molar-refractivity contribution < 1.29 is 51.2 Å². The summed E-state index contributed by atoms with van der Waals surface area (Å²) in [5.41, 5.74) is -0.263. The van der Waals surface area contributed by atoms with Crippen LogP contribution in [0.25, 0.3) is 0 Å². The number of ether oxygens (including phenoxy) is 5. The highest BCUT2D eigenvalue weighted by molar-refractivity contribution is 5.98. The Balaban J connectivity index is 2.23. The molecule has 4 atom stereocenters. The largest absolute Gasteiger partial charge is 0.493 e. The molecule has 2 heterocycles. The standard InChI is InChI=1S/C26H35F3N2O8/c1-15(2)14-37-20-9-6-8-18(25(34)38-16(3)22(20)36-13-7-11-26(27,28)29)31-24(33)21-23(39-17(4)32)19(35-5)10-12-30-21/h7,10-12,15-16,18,20,22H,6,8-9,13-14H2,1-5H3,(H,31,33)/b11-7+/t16-,18-,20-,22-/m0/s1. The van der Waals surface area contributed by atoms with Crippen molar-refractivity contribution in [2.75, 3.05) is 20.3 Å². The number of aromatic nitrogens is 1. The average molecular weight is 561 g/mol. The molecule has 0 radical (unpaired) electrons. The number of amides is 1. The van der Waals surface area contributed by atoms with Crippen LogP contribution in [0.1, 0.15) is 57.4 Å². The second kappa shape index (κ2) is 14.8. The van der Waals surface area contributed by atoms with Gasteiger partial charge in [0.2, 0.25) is 5.75 Å². The van der Waals surface area contributed by atoms with Crippen LogP contribution in [0.2, 0.25) is 0 Å². The number of carbonyl (C=O) groups excluding carboxylic acids is 3. The van der Waals surface area contributed by atoms with Crippen LogP contribution in [0.4, 0.5) is 13.2 Å². The number of nitrogens with one attached hydrogen (secondary N) is 1. The van der Waals surface area contributed by atoms with Crippen molar-refractivity contribution in [3.05, 3.63) is 30.1 Å². The first-order valence-corrected chi connectivity index (χ1v) is 12.5. The first-order chi connectivity index (χ1) is 18.3. The fraction of sp³-hybridized carbons (Fsp3) is 0.615. The molecule has 1 aliphatic rings. The number of allylic oxidation sites excluding steroid dienone is 1. The molecular formula is C26H35F3N2O8. The van der Waals surface area contributed by atoms with E-state index in [2.05, 4.69) is 10.3 Å². The third-order valence-corrected chi connectivity index (χ3v) is 5.59. The van der Waals surface area contributed by atoms with Gasteiger partial charge in [-0.05, 0) is 32.1 Å². The van der Waals surface area contributed by atoms with E-state index in [1.54, 1.807) is 6.92 Å². The van der Waals surface area contributed by atoms with Gasteiger partial charge >= 0.3 is 18.1 Å². The molecule has 1 saturated heterocycles. The van der Waals surface area contributed by atoms with Gasteiger partial charge in [0, 0.05) is 31.9 Å². The summed E-state index contributed by atoms with van der Waals surface area (Å²) < 4.78 is 65.0. The van der Waals surface area contributed by atoms with E-state index in [-0.39, 0.29) is 42.2 Å². The molecule has 0 spiro atoms. The molecule has 0 aromatic carbocycles. The van der Waals surface area contributed by atoms with Crippen molar-refractivity contribution in [3.63, 3.8) is 0 Å². The fourth-order valence-corrected chi connectivity index (χ4v) is 3.88. The maximum Gasteiger partial charge on any atom is 0.409 e. The van der Waals surface area contributed by atoms with E-state index in [0.29, 0.717) is 19.4 Å². The molecule has 0 unspecified atom stereocenters. The highest BCUT2D eigenvalue weighted by atomic mass is 19.4. The molecule has 13 heteroatoms. The zero-order valence-corrected chi connectivity index (χ0v) is 22.6. The second-order valence-corrected chi connectivity index (χ2v) is 9.39. The van der Waals surface area contributed by atoms with Gasteiger partial charge in [-0.2, -0.15) is 13.2 Å². The Morgan fingerprint density at radius 1 is 1.26 bits per heavy atom. The quantitative estimate of drug-likeness (QED) is 0.337. The molecule has 0 saturated carbocycles. The van der Waals surface area contributed by atoms with Crippen molar-refractivity contribution in [3.8, 4) is 11.5 Å². The average Bonchev–Trinajstić information content (AvgIpc) is 2.88. The fourth-order valence-electron chi connectivity index (χ4n) is 3.88. The number of nitrogens with zero attached hydrogens (tertiary/aromatic N) is 1. The number of rotatable bonds is 10. The van der Waals surface area contributed by atoms with E-state index in [0.717, 1.165) is 13.0 Å². The first kappa shape index (κ1) is 32.0. The lowest BCUT2D eigenvalue weighted by atomic mass is 10.0. The van der Waals surface area contributed by atoms with Crippen LogP contribution < -0.4 is 14.8 Å². The van der Waals surface area contributed by atoms with E-state index in [4.69, 9.17) is 23.7 Å². The van der Waals surface area contributed by atoms with Gasteiger partial charge in [-0.3, -0.25) is 9.59 Å². The Hall–Kier alpha value is -3.19. The van der Waals surface area contributed by atoms with Crippen LogP contribution in [0.5, 0.6) is 11.5 Å². The van der Waals surface area contributed by atoms with E-state index in [1.807, 2.05) is 13.8 Å². The van der Waals surface area contributed by atoms with Gasteiger partial charge in [0.05, 0.1) is 19.8 Å². The highest BCUT2D eigenvalue weighted by Crippen LogP contribution is 2.30. The lowest BCUT2D eigenvalue weighted by molar-refractivity contribution is -0.167. The number of carbonyl (C=O) groups is 3. The number of esters is 2.